The number of carbonyl (C=O) groups excluding carboxylic acids is 1. The molecule has 1 aliphatic heterocycles. The first kappa shape index (κ1) is 14.9. The molecule has 1 aromatic rings. The Morgan fingerprint density at radius 2 is 1.85 bits per heavy atom. The highest BCUT2D eigenvalue weighted by molar-refractivity contribution is 5.78. The Balaban J connectivity index is 1.74. The van der Waals surface area contributed by atoms with E-state index in [9.17, 15) is 4.79 Å². The van der Waals surface area contributed by atoms with Crippen molar-refractivity contribution in [1.82, 2.24) is 4.90 Å². The van der Waals surface area contributed by atoms with Gasteiger partial charge in [-0.15, -0.1) is 0 Å². The van der Waals surface area contributed by atoms with Crippen LogP contribution in [0.15, 0.2) is 24.3 Å². The number of hydrogen-bond acceptors (Lipinski definition) is 2. The Morgan fingerprint density at radius 1 is 1.25 bits per heavy atom. The van der Waals surface area contributed by atoms with Gasteiger partial charge in [-0.3, -0.25) is 4.79 Å². The second-order valence-electron chi connectivity index (χ2n) is 6.05. The van der Waals surface area contributed by atoms with Crippen molar-refractivity contribution in [2.24, 2.45) is 11.8 Å². The highest BCUT2D eigenvalue weighted by atomic mass is 16.5. The molecular formula is C17H25NO2. The summed E-state index contributed by atoms with van der Waals surface area (Å²) in [6.45, 7) is 8.51. The number of piperidine rings is 1. The number of hydrogen-bond donors (Lipinski definition) is 0. The van der Waals surface area contributed by atoms with E-state index in [1.807, 2.05) is 30.9 Å². The lowest BCUT2D eigenvalue weighted by Gasteiger charge is -2.33. The summed E-state index contributed by atoms with van der Waals surface area (Å²) in [6.07, 6.45) is 2.09. The molecule has 0 bridgehead atoms. The van der Waals surface area contributed by atoms with Gasteiger partial charge < -0.3 is 9.64 Å². The summed E-state index contributed by atoms with van der Waals surface area (Å²) in [5.74, 6) is 1.89. The van der Waals surface area contributed by atoms with Crippen molar-refractivity contribution >= 4 is 5.91 Å². The minimum Gasteiger partial charge on any atom is -0.493 e. The Bertz CT molecular complexity index is 431. The van der Waals surface area contributed by atoms with Crippen molar-refractivity contribution in [3.63, 3.8) is 0 Å². The normalized spacial score (nSPS) is 16.5. The molecule has 1 amide bonds. The highest BCUT2D eigenvalue weighted by Gasteiger charge is 2.24. The molecular weight excluding hydrogens is 250 g/mol. The van der Waals surface area contributed by atoms with Crippen molar-refractivity contribution in [2.45, 2.75) is 33.6 Å². The average Bonchev–Trinajstić information content (AvgIpc) is 2.46. The van der Waals surface area contributed by atoms with Crippen LogP contribution in [0.4, 0.5) is 0 Å². The van der Waals surface area contributed by atoms with E-state index in [2.05, 4.69) is 19.1 Å². The van der Waals surface area contributed by atoms with E-state index in [1.165, 1.54) is 5.56 Å². The van der Waals surface area contributed by atoms with Gasteiger partial charge in [-0.25, -0.2) is 0 Å². The topological polar surface area (TPSA) is 29.5 Å². The van der Waals surface area contributed by atoms with Gasteiger partial charge in [-0.1, -0.05) is 31.5 Å². The molecule has 20 heavy (non-hydrogen) atoms. The van der Waals surface area contributed by atoms with E-state index in [0.29, 0.717) is 5.92 Å². The Labute approximate surface area is 121 Å². The number of nitrogens with zero attached hydrogens (tertiary/aromatic N) is 1. The van der Waals surface area contributed by atoms with Gasteiger partial charge in [0.25, 0.3) is 0 Å². The second kappa shape index (κ2) is 6.78. The number of carbonyl (C=O) groups is 1. The van der Waals surface area contributed by atoms with Crippen LogP contribution in [-0.4, -0.2) is 30.5 Å². The lowest BCUT2D eigenvalue weighted by Crippen LogP contribution is -2.41. The van der Waals surface area contributed by atoms with E-state index in [-0.39, 0.29) is 11.8 Å². The third-order valence-corrected chi connectivity index (χ3v) is 3.93. The molecule has 0 atom stereocenters. The fourth-order valence-corrected chi connectivity index (χ4v) is 2.53. The zero-order valence-corrected chi connectivity index (χ0v) is 12.8. The molecule has 1 heterocycles. The summed E-state index contributed by atoms with van der Waals surface area (Å²) < 4.78 is 5.84. The van der Waals surface area contributed by atoms with E-state index in [4.69, 9.17) is 4.74 Å². The first-order valence-electron chi connectivity index (χ1n) is 7.54. The molecule has 0 radical (unpaired) electrons. The summed E-state index contributed by atoms with van der Waals surface area (Å²) in [5.41, 5.74) is 1.25. The van der Waals surface area contributed by atoms with Gasteiger partial charge in [0, 0.05) is 19.0 Å². The van der Waals surface area contributed by atoms with Crippen LogP contribution in [-0.2, 0) is 4.79 Å². The Morgan fingerprint density at radius 3 is 2.40 bits per heavy atom. The number of rotatable bonds is 4. The van der Waals surface area contributed by atoms with Crippen LogP contribution < -0.4 is 4.74 Å². The Kier molecular flexibility index (Phi) is 5.05. The third-order valence-electron chi connectivity index (χ3n) is 3.93. The maximum atomic E-state index is 11.9. The molecule has 3 heteroatoms. The monoisotopic (exact) mass is 275 g/mol. The molecule has 0 unspecified atom stereocenters. The zero-order chi connectivity index (χ0) is 14.5. The molecule has 0 spiro atoms. The molecule has 0 aliphatic carbocycles. The molecule has 3 nitrogen and oxygen atoms in total. The van der Waals surface area contributed by atoms with Gasteiger partial charge in [0.05, 0.1) is 6.61 Å². The van der Waals surface area contributed by atoms with Crippen LogP contribution in [0.3, 0.4) is 0 Å². The SMILES string of the molecule is Cc1ccc(OCC2CCN(C(=O)C(C)C)CC2)cc1. The zero-order valence-electron chi connectivity index (χ0n) is 12.8. The molecule has 0 N–H and O–H groups in total. The maximum absolute atomic E-state index is 11.9. The van der Waals surface area contributed by atoms with Gasteiger partial charge in [0.2, 0.25) is 5.91 Å². The summed E-state index contributed by atoms with van der Waals surface area (Å²) in [6, 6.07) is 8.18. The van der Waals surface area contributed by atoms with Gasteiger partial charge in [-0.2, -0.15) is 0 Å². The van der Waals surface area contributed by atoms with Crippen LogP contribution in [0.25, 0.3) is 0 Å². The minimum absolute atomic E-state index is 0.107. The quantitative estimate of drug-likeness (QED) is 0.844. The lowest BCUT2D eigenvalue weighted by molar-refractivity contribution is -0.136. The lowest BCUT2D eigenvalue weighted by atomic mass is 9.97. The van der Waals surface area contributed by atoms with Crippen molar-refractivity contribution in [3.05, 3.63) is 29.8 Å². The van der Waals surface area contributed by atoms with Crippen molar-refractivity contribution < 1.29 is 9.53 Å². The van der Waals surface area contributed by atoms with Crippen LogP contribution in [0.5, 0.6) is 5.75 Å². The van der Waals surface area contributed by atoms with E-state index in [0.717, 1.165) is 38.3 Å². The van der Waals surface area contributed by atoms with Crippen LogP contribution in [0.1, 0.15) is 32.3 Å². The molecule has 110 valence electrons. The first-order chi connectivity index (χ1) is 9.56. The highest BCUT2D eigenvalue weighted by Crippen LogP contribution is 2.20. The number of benzene rings is 1. The van der Waals surface area contributed by atoms with E-state index in [1.54, 1.807) is 0 Å². The fraction of sp³-hybridized carbons (Fsp3) is 0.588. The predicted molar refractivity (Wildman–Crippen MR) is 80.8 cm³/mol. The van der Waals surface area contributed by atoms with Crippen LogP contribution in [0.2, 0.25) is 0 Å². The first-order valence-corrected chi connectivity index (χ1v) is 7.54. The summed E-state index contributed by atoms with van der Waals surface area (Å²) in [4.78, 5) is 13.9. The number of aryl methyl sites for hydroxylation is 1. The smallest absolute Gasteiger partial charge is 0.225 e. The summed E-state index contributed by atoms with van der Waals surface area (Å²) >= 11 is 0. The largest absolute Gasteiger partial charge is 0.493 e. The predicted octanol–water partition coefficient (Wildman–Crippen LogP) is 3.27. The average molecular weight is 275 g/mol. The van der Waals surface area contributed by atoms with Crippen molar-refractivity contribution in [2.75, 3.05) is 19.7 Å². The van der Waals surface area contributed by atoms with Crippen LogP contribution >= 0.6 is 0 Å². The summed E-state index contributed by atoms with van der Waals surface area (Å²) in [5, 5.41) is 0. The van der Waals surface area contributed by atoms with Crippen LogP contribution in [0, 0.1) is 18.8 Å². The fourth-order valence-electron chi connectivity index (χ4n) is 2.53. The molecule has 1 saturated heterocycles. The van der Waals surface area contributed by atoms with Gasteiger partial charge >= 0.3 is 0 Å². The van der Waals surface area contributed by atoms with Gasteiger partial charge in [0.15, 0.2) is 0 Å². The standard InChI is InChI=1S/C17H25NO2/c1-13(2)17(19)18-10-8-15(9-11-18)12-20-16-6-4-14(3)5-7-16/h4-7,13,15H,8-12H2,1-3H3. The molecule has 0 saturated carbocycles. The molecule has 0 aromatic heterocycles. The van der Waals surface area contributed by atoms with Gasteiger partial charge in [0.1, 0.15) is 5.75 Å². The van der Waals surface area contributed by atoms with Crippen molar-refractivity contribution in [1.29, 1.82) is 0 Å². The second-order valence-corrected chi connectivity index (χ2v) is 6.05. The molecule has 2 rings (SSSR count). The number of amides is 1. The minimum atomic E-state index is 0.107. The Hall–Kier alpha value is -1.51. The summed E-state index contributed by atoms with van der Waals surface area (Å²) in [7, 11) is 0. The number of likely N-dealkylation sites (tertiary alicyclic amines) is 1. The van der Waals surface area contributed by atoms with Crippen molar-refractivity contribution in [3.8, 4) is 5.75 Å². The molecule has 1 fully saturated rings. The third kappa shape index (κ3) is 3.99. The van der Waals surface area contributed by atoms with Gasteiger partial charge in [-0.05, 0) is 37.8 Å². The van der Waals surface area contributed by atoms with E-state index >= 15 is 0 Å². The molecule has 1 aromatic carbocycles. The van der Waals surface area contributed by atoms with E-state index < -0.39 is 0 Å². The maximum Gasteiger partial charge on any atom is 0.225 e. The molecule has 1 aliphatic rings. The number of ether oxygens (including phenoxy) is 1.